The highest BCUT2D eigenvalue weighted by Crippen LogP contribution is 2.33. The fraction of sp³-hybridized carbons (Fsp3) is 0.846. The summed E-state index contributed by atoms with van der Waals surface area (Å²) in [7, 11) is 0. The van der Waals surface area contributed by atoms with Crippen molar-refractivity contribution in [1.82, 2.24) is 9.80 Å². The summed E-state index contributed by atoms with van der Waals surface area (Å²) in [6, 6.07) is -0.147. The van der Waals surface area contributed by atoms with Gasteiger partial charge in [-0.2, -0.15) is 0 Å². The van der Waals surface area contributed by atoms with E-state index in [2.05, 4.69) is 20.8 Å². The van der Waals surface area contributed by atoms with E-state index in [1.165, 1.54) is 4.90 Å². The fourth-order valence-corrected chi connectivity index (χ4v) is 2.32. The second-order valence-electron chi connectivity index (χ2n) is 5.99. The summed E-state index contributed by atoms with van der Waals surface area (Å²) in [5, 5.41) is 8.78. The third-order valence-electron chi connectivity index (χ3n) is 3.66. The highest BCUT2D eigenvalue weighted by atomic mass is 16.4. The smallest absolute Gasteiger partial charge is 0.323 e. The maximum atomic E-state index is 12.2. The molecule has 18 heavy (non-hydrogen) atoms. The number of aliphatic carboxylic acids is 1. The molecule has 0 aliphatic carbocycles. The van der Waals surface area contributed by atoms with Crippen LogP contribution >= 0.6 is 0 Å². The second kappa shape index (κ2) is 5.59. The van der Waals surface area contributed by atoms with Crippen LogP contribution in [0.2, 0.25) is 0 Å². The van der Waals surface area contributed by atoms with Crippen molar-refractivity contribution in [2.45, 2.75) is 34.1 Å². The van der Waals surface area contributed by atoms with Gasteiger partial charge in [0.15, 0.2) is 0 Å². The van der Waals surface area contributed by atoms with Crippen LogP contribution in [0.1, 0.15) is 34.1 Å². The van der Waals surface area contributed by atoms with Crippen LogP contribution in [0.5, 0.6) is 0 Å². The Hall–Kier alpha value is -1.26. The van der Waals surface area contributed by atoms with Crippen LogP contribution in [0, 0.1) is 11.3 Å². The number of carboxylic acids is 1. The van der Waals surface area contributed by atoms with E-state index < -0.39 is 5.97 Å². The van der Waals surface area contributed by atoms with Gasteiger partial charge in [0.05, 0.1) is 0 Å². The molecule has 0 spiro atoms. The third kappa shape index (κ3) is 3.62. The van der Waals surface area contributed by atoms with Crippen molar-refractivity contribution in [1.29, 1.82) is 0 Å². The Morgan fingerprint density at radius 1 is 1.39 bits per heavy atom. The van der Waals surface area contributed by atoms with Crippen molar-refractivity contribution in [3.05, 3.63) is 0 Å². The van der Waals surface area contributed by atoms with E-state index in [1.54, 1.807) is 11.8 Å². The zero-order valence-corrected chi connectivity index (χ0v) is 11.8. The molecular weight excluding hydrogens is 232 g/mol. The third-order valence-corrected chi connectivity index (χ3v) is 3.66. The number of likely N-dealkylation sites (N-methyl/N-ethyl adjacent to an activating group) is 1. The molecule has 1 N–H and O–H groups in total. The second-order valence-corrected chi connectivity index (χ2v) is 5.99. The van der Waals surface area contributed by atoms with E-state index in [0.29, 0.717) is 12.5 Å². The average molecular weight is 256 g/mol. The number of carbonyl (C=O) groups excluding carboxylic acids is 1. The van der Waals surface area contributed by atoms with Crippen LogP contribution in [0.3, 0.4) is 0 Å². The van der Waals surface area contributed by atoms with Crippen molar-refractivity contribution in [2.75, 3.05) is 26.2 Å². The van der Waals surface area contributed by atoms with Crippen molar-refractivity contribution >= 4 is 12.0 Å². The molecule has 1 fully saturated rings. The molecule has 5 heteroatoms. The maximum absolute atomic E-state index is 12.2. The number of hydrogen-bond acceptors (Lipinski definition) is 2. The van der Waals surface area contributed by atoms with Crippen LogP contribution in [-0.2, 0) is 4.79 Å². The van der Waals surface area contributed by atoms with E-state index in [-0.39, 0.29) is 18.0 Å². The summed E-state index contributed by atoms with van der Waals surface area (Å²) >= 11 is 0. The molecule has 2 amide bonds. The Kier molecular flexibility index (Phi) is 4.59. The van der Waals surface area contributed by atoms with Gasteiger partial charge in [-0.3, -0.25) is 4.79 Å². The summed E-state index contributed by atoms with van der Waals surface area (Å²) < 4.78 is 0. The van der Waals surface area contributed by atoms with Crippen LogP contribution < -0.4 is 0 Å². The van der Waals surface area contributed by atoms with E-state index >= 15 is 0 Å². The van der Waals surface area contributed by atoms with Gasteiger partial charge in [0.25, 0.3) is 0 Å². The molecule has 1 unspecified atom stereocenters. The first-order valence-electron chi connectivity index (χ1n) is 6.51. The lowest BCUT2D eigenvalue weighted by Gasteiger charge is -2.29. The first-order valence-corrected chi connectivity index (χ1v) is 6.51. The van der Waals surface area contributed by atoms with Gasteiger partial charge < -0.3 is 14.9 Å². The van der Waals surface area contributed by atoms with Gasteiger partial charge in [-0.05, 0) is 24.7 Å². The van der Waals surface area contributed by atoms with Crippen molar-refractivity contribution < 1.29 is 14.7 Å². The molecule has 0 aromatic rings. The average Bonchev–Trinajstić information content (AvgIpc) is 2.73. The largest absolute Gasteiger partial charge is 0.480 e. The number of urea groups is 1. The van der Waals surface area contributed by atoms with Crippen LogP contribution in [0.4, 0.5) is 4.79 Å². The van der Waals surface area contributed by atoms with Gasteiger partial charge in [-0.25, -0.2) is 4.79 Å². The summed E-state index contributed by atoms with van der Waals surface area (Å²) in [5.41, 5.74) is 0.193. The first kappa shape index (κ1) is 14.8. The number of carboxylic acid groups (broad SMARTS) is 1. The Bertz CT molecular complexity index is 323. The molecule has 0 saturated carbocycles. The molecule has 0 aromatic carbocycles. The molecule has 104 valence electrons. The topological polar surface area (TPSA) is 60.9 Å². The van der Waals surface area contributed by atoms with E-state index in [9.17, 15) is 9.59 Å². The van der Waals surface area contributed by atoms with Gasteiger partial charge in [0.2, 0.25) is 0 Å². The quantitative estimate of drug-likeness (QED) is 0.838. The Morgan fingerprint density at radius 2 is 2.00 bits per heavy atom. The Morgan fingerprint density at radius 3 is 2.39 bits per heavy atom. The predicted octanol–water partition coefficient (Wildman–Crippen LogP) is 1.88. The normalized spacial score (nSPS) is 20.0. The Balaban J connectivity index is 2.61. The summed E-state index contributed by atoms with van der Waals surface area (Å²) in [6.45, 7) is 10.0. The fourth-order valence-electron chi connectivity index (χ4n) is 2.32. The van der Waals surface area contributed by atoms with E-state index in [4.69, 9.17) is 5.11 Å². The predicted molar refractivity (Wildman–Crippen MR) is 69.4 cm³/mol. The van der Waals surface area contributed by atoms with Gasteiger partial charge in [0, 0.05) is 19.6 Å². The Labute approximate surface area is 109 Å². The lowest BCUT2D eigenvalue weighted by Crippen LogP contribution is -2.44. The zero-order valence-electron chi connectivity index (χ0n) is 11.8. The minimum atomic E-state index is -0.961. The molecule has 0 radical (unpaired) electrons. The molecule has 0 bridgehead atoms. The van der Waals surface area contributed by atoms with Gasteiger partial charge in [0.1, 0.15) is 6.54 Å². The SMILES string of the molecule is CCN(CC(=O)O)C(=O)N1CCC(C(C)(C)C)C1. The van der Waals surface area contributed by atoms with Crippen molar-refractivity contribution in [3.63, 3.8) is 0 Å². The lowest BCUT2D eigenvalue weighted by molar-refractivity contribution is -0.137. The number of amides is 2. The van der Waals surface area contributed by atoms with Crippen LogP contribution in [0.25, 0.3) is 0 Å². The maximum Gasteiger partial charge on any atom is 0.323 e. The van der Waals surface area contributed by atoms with Crippen molar-refractivity contribution in [2.24, 2.45) is 11.3 Å². The number of nitrogens with zero attached hydrogens (tertiary/aromatic N) is 2. The van der Waals surface area contributed by atoms with Crippen LogP contribution in [-0.4, -0.2) is 53.1 Å². The number of rotatable bonds is 3. The summed E-state index contributed by atoms with van der Waals surface area (Å²) in [4.78, 5) is 26.0. The molecule has 5 nitrogen and oxygen atoms in total. The highest BCUT2D eigenvalue weighted by Gasteiger charge is 2.35. The summed E-state index contributed by atoms with van der Waals surface area (Å²) in [5.74, 6) is -0.471. The van der Waals surface area contributed by atoms with Crippen molar-refractivity contribution in [3.8, 4) is 0 Å². The molecule has 1 saturated heterocycles. The molecule has 1 heterocycles. The lowest BCUT2D eigenvalue weighted by atomic mass is 9.80. The molecule has 1 aliphatic heterocycles. The minimum absolute atomic E-state index is 0.147. The molecule has 1 aliphatic rings. The molecular formula is C13H24N2O3. The van der Waals surface area contributed by atoms with Gasteiger partial charge in [-0.15, -0.1) is 0 Å². The van der Waals surface area contributed by atoms with E-state index in [1.807, 2.05) is 0 Å². The number of likely N-dealkylation sites (tertiary alicyclic amines) is 1. The molecule has 1 atom stereocenters. The number of carbonyl (C=O) groups is 2. The van der Waals surface area contributed by atoms with Gasteiger partial charge in [-0.1, -0.05) is 20.8 Å². The molecule has 1 rings (SSSR count). The molecule has 0 aromatic heterocycles. The highest BCUT2D eigenvalue weighted by molar-refractivity contribution is 5.80. The van der Waals surface area contributed by atoms with E-state index in [0.717, 1.165) is 19.5 Å². The number of hydrogen-bond donors (Lipinski definition) is 1. The van der Waals surface area contributed by atoms with Crippen LogP contribution in [0.15, 0.2) is 0 Å². The zero-order chi connectivity index (χ0) is 13.9. The monoisotopic (exact) mass is 256 g/mol. The minimum Gasteiger partial charge on any atom is -0.480 e. The van der Waals surface area contributed by atoms with Gasteiger partial charge >= 0.3 is 12.0 Å². The first-order chi connectivity index (χ1) is 8.25. The summed E-state index contributed by atoms with van der Waals surface area (Å²) in [6.07, 6.45) is 1.000. The standard InChI is InChI=1S/C13H24N2O3/c1-5-14(9-11(16)17)12(18)15-7-6-10(8-15)13(2,3)4/h10H,5-9H2,1-4H3,(H,16,17).